The maximum Gasteiger partial charge on any atom is 0.156 e. The number of hydrogen-bond donors (Lipinski definition) is 2. The van der Waals surface area contributed by atoms with E-state index >= 15 is 0 Å². The van der Waals surface area contributed by atoms with E-state index in [1.807, 2.05) is 30.6 Å². The summed E-state index contributed by atoms with van der Waals surface area (Å²) in [5.74, 6) is 0.842. The van der Waals surface area contributed by atoms with E-state index in [9.17, 15) is 0 Å². The molecule has 1 aliphatic rings. The summed E-state index contributed by atoms with van der Waals surface area (Å²) in [5.41, 5.74) is 2.03. The molecule has 1 aliphatic carbocycles. The fourth-order valence-corrected chi connectivity index (χ4v) is 2.42. The van der Waals surface area contributed by atoms with Gasteiger partial charge in [-0.1, -0.05) is 24.3 Å². The van der Waals surface area contributed by atoms with Crippen molar-refractivity contribution in [3.63, 3.8) is 0 Å². The van der Waals surface area contributed by atoms with E-state index in [4.69, 9.17) is 0 Å². The normalized spacial score (nSPS) is 14.8. The quantitative estimate of drug-likeness (QED) is 0.762. The Balaban J connectivity index is 1.67. The second kappa shape index (κ2) is 4.72. The monoisotopic (exact) mass is 264 g/mol. The predicted molar refractivity (Wildman–Crippen MR) is 79.2 cm³/mol. The molecule has 0 spiro atoms. The highest BCUT2D eigenvalue weighted by Crippen LogP contribution is 2.24. The van der Waals surface area contributed by atoms with E-state index in [-0.39, 0.29) is 0 Å². The summed E-state index contributed by atoms with van der Waals surface area (Å²) in [7, 11) is 0. The minimum absolute atomic E-state index is 0.706. The molecule has 1 aromatic carbocycles. The summed E-state index contributed by atoms with van der Waals surface area (Å²) < 4.78 is 0. The number of fused-ring (bicyclic) bond motifs is 1. The molecule has 4 heteroatoms. The summed E-state index contributed by atoms with van der Waals surface area (Å²) in [6.07, 6.45) is 6.33. The SMILES string of the molecule is c1ccc2c(-c3ncc(CNC4CC4)[nH]3)nccc2c1. The molecule has 1 fully saturated rings. The lowest BCUT2D eigenvalue weighted by Crippen LogP contribution is -2.15. The van der Waals surface area contributed by atoms with Crippen molar-refractivity contribution in [1.29, 1.82) is 0 Å². The Bertz CT molecular complexity index is 738. The van der Waals surface area contributed by atoms with Gasteiger partial charge in [0.1, 0.15) is 5.69 Å². The van der Waals surface area contributed by atoms with Gasteiger partial charge in [0.05, 0.1) is 6.20 Å². The first-order valence-corrected chi connectivity index (χ1v) is 7.01. The molecule has 0 amide bonds. The summed E-state index contributed by atoms with van der Waals surface area (Å²) in [6, 6.07) is 11.0. The molecule has 0 atom stereocenters. The summed E-state index contributed by atoms with van der Waals surface area (Å²) in [5, 5.41) is 5.80. The molecule has 0 unspecified atom stereocenters. The van der Waals surface area contributed by atoms with Crippen molar-refractivity contribution in [2.75, 3.05) is 0 Å². The van der Waals surface area contributed by atoms with Crippen LogP contribution in [0.1, 0.15) is 18.5 Å². The van der Waals surface area contributed by atoms with Crippen molar-refractivity contribution in [2.24, 2.45) is 0 Å². The fraction of sp³-hybridized carbons (Fsp3) is 0.250. The van der Waals surface area contributed by atoms with Crippen LogP contribution in [0.2, 0.25) is 0 Å². The summed E-state index contributed by atoms with van der Waals surface area (Å²) >= 11 is 0. The van der Waals surface area contributed by atoms with Crippen LogP contribution in [0.5, 0.6) is 0 Å². The summed E-state index contributed by atoms with van der Waals surface area (Å²) in [6.45, 7) is 0.850. The van der Waals surface area contributed by atoms with Crippen LogP contribution in [0.15, 0.2) is 42.7 Å². The molecule has 0 saturated heterocycles. The van der Waals surface area contributed by atoms with Crippen LogP contribution in [0.4, 0.5) is 0 Å². The number of H-pyrrole nitrogens is 1. The highest BCUT2D eigenvalue weighted by molar-refractivity contribution is 5.92. The molecule has 2 N–H and O–H groups in total. The van der Waals surface area contributed by atoms with Gasteiger partial charge in [-0.3, -0.25) is 4.98 Å². The molecule has 1 saturated carbocycles. The Kier molecular flexibility index (Phi) is 2.74. The fourth-order valence-electron chi connectivity index (χ4n) is 2.42. The highest BCUT2D eigenvalue weighted by Gasteiger charge is 2.20. The maximum atomic E-state index is 4.48. The van der Waals surface area contributed by atoms with Crippen LogP contribution < -0.4 is 5.32 Å². The zero-order valence-electron chi connectivity index (χ0n) is 11.1. The molecule has 0 radical (unpaired) electrons. The van der Waals surface area contributed by atoms with Gasteiger partial charge < -0.3 is 10.3 Å². The number of aromatic nitrogens is 3. The minimum Gasteiger partial charge on any atom is -0.339 e. The molecule has 2 aromatic heterocycles. The Morgan fingerprint density at radius 3 is 2.95 bits per heavy atom. The molecule has 3 aromatic rings. The van der Waals surface area contributed by atoms with Crippen LogP contribution in [0.3, 0.4) is 0 Å². The Labute approximate surface area is 117 Å². The van der Waals surface area contributed by atoms with Gasteiger partial charge in [0, 0.05) is 29.9 Å². The predicted octanol–water partition coefficient (Wildman–Crippen LogP) is 2.88. The average molecular weight is 264 g/mol. The molecule has 100 valence electrons. The van der Waals surface area contributed by atoms with Gasteiger partial charge in [-0.25, -0.2) is 4.98 Å². The van der Waals surface area contributed by atoms with Crippen molar-refractivity contribution in [3.05, 3.63) is 48.4 Å². The molecule has 20 heavy (non-hydrogen) atoms. The number of nitrogens with zero attached hydrogens (tertiary/aromatic N) is 2. The van der Waals surface area contributed by atoms with Gasteiger partial charge in [0.15, 0.2) is 5.82 Å². The third-order valence-corrected chi connectivity index (χ3v) is 3.68. The average Bonchev–Trinajstić information content (AvgIpc) is 3.21. The number of imidazole rings is 1. The standard InChI is InChI=1S/C16H16N4/c1-2-4-14-11(3-1)7-8-17-15(14)16-19-10-13(20-16)9-18-12-5-6-12/h1-4,7-8,10,12,18H,5-6,9H2,(H,19,20). The van der Waals surface area contributed by atoms with Crippen LogP contribution in [-0.4, -0.2) is 21.0 Å². The lowest BCUT2D eigenvalue weighted by atomic mass is 10.1. The van der Waals surface area contributed by atoms with Crippen LogP contribution in [-0.2, 0) is 6.54 Å². The van der Waals surface area contributed by atoms with E-state index in [2.05, 4.69) is 32.4 Å². The van der Waals surface area contributed by atoms with E-state index in [0.717, 1.165) is 29.1 Å². The van der Waals surface area contributed by atoms with Gasteiger partial charge in [0.25, 0.3) is 0 Å². The number of rotatable bonds is 4. The van der Waals surface area contributed by atoms with Crippen molar-refractivity contribution in [1.82, 2.24) is 20.3 Å². The van der Waals surface area contributed by atoms with Crippen molar-refractivity contribution < 1.29 is 0 Å². The van der Waals surface area contributed by atoms with Gasteiger partial charge in [-0.15, -0.1) is 0 Å². The molecular formula is C16H16N4. The number of nitrogens with one attached hydrogen (secondary N) is 2. The van der Waals surface area contributed by atoms with E-state index in [0.29, 0.717) is 6.04 Å². The molecule has 2 heterocycles. The first-order chi connectivity index (χ1) is 9.90. The van der Waals surface area contributed by atoms with E-state index in [1.54, 1.807) is 0 Å². The first-order valence-electron chi connectivity index (χ1n) is 7.01. The highest BCUT2D eigenvalue weighted by atomic mass is 15.0. The van der Waals surface area contributed by atoms with Crippen LogP contribution in [0, 0.1) is 0 Å². The number of benzene rings is 1. The number of pyridine rings is 1. The zero-order valence-corrected chi connectivity index (χ0v) is 11.1. The van der Waals surface area contributed by atoms with Gasteiger partial charge >= 0.3 is 0 Å². The number of aromatic amines is 1. The second-order valence-corrected chi connectivity index (χ2v) is 5.29. The Morgan fingerprint density at radius 2 is 2.05 bits per heavy atom. The lowest BCUT2D eigenvalue weighted by Gasteiger charge is -2.03. The lowest BCUT2D eigenvalue weighted by molar-refractivity contribution is 0.677. The molecule has 0 bridgehead atoms. The van der Waals surface area contributed by atoms with Gasteiger partial charge in [0.2, 0.25) is 0 Å². The number of hydrogen-bond acceptors (Lipinski definition) is 3. The van der Waals surface area contributed by atoms with Crippen molar-refractivity contribution >= 4 is 10.8 Å². The van der Waals surface area contributed by atoms with Gasteiger partial charge in [-0.2, -0.15) is 0 Å². The Morgan fingerprint density at radius 1 is 1.15 bits per heavy atom. The maximum absolute atomic E-state index is 4.48. The molecule has 0 aliphatic heterocycles. The third kappa shape index (κ3) is 2.18. The van der Waals surface area contributed by atoms with Crippen LogP contribution in [0.25, 0.3) is 22.3 Å². The molecule has 4 rings (SSSR count). The van der Waals surface area contributed by atoms with E-state index < -0.39 is 0 Å². The van der Waals surface area contributed by atoms with Crippen molar-refractivity contribution in [3.8, 4) is 11.5 Å². The smallest absolute Gasteiger partial charge is 0.156 e. The molecule has 4 nitrogen and oxygen atoms in total. The largest absolute Gasteiger partial charge is 0.339 e. The first kappa shape index (κ1) is 11.6. The zero-order chi connectivity index (χ0) is 13.4. The van der Waals surface area contributed by atoms with Crippen molar-refractivity contribution in [2.45, 2.75) is 25.4 Å². The second-order valence-electron chi connectivity index (χ2n) is 5.29. The van der Waals surface area contributed by atoms with Crippen LogP contribution >= 0.6 is 0 Å². The third-order valence-electron chi connectivity index (χ3n) is 3.68. The minimum atomic E-state index is 0.706. The van der Waals surface area contributed by atoms with Gasteiger partial charge in [-0.05, 0) is 24.3 Å². The van der Waals surface area contributed by atoms with E-state index in [1.165, 1.54) is 18.2 Å². The topological polar surface area (TPSA) is 53.6 Å². The Hall–Kier alpha value is -2.20. The summed E-state index contributed by atoms with van der Waals surface area (Å²) in [4.78, 5) is 12.3. The molecular weight excluding hydrogens is 248 g/mol.